The van der Waals surface area contributed by atoms with E-state index in [9.17, 15) is 4.79 Å². The molecule has 1 aliphatic rings. The molecule has 2 rings (SSSR count). The number of halogens is 2. The van der Waals surface area contributed by atoms with E-state index < -0.39 is 0 Å². The quantitative estimate of drug-likeness (QED) is 0.762. The van der Waals surface area contributed by atoms with Gasteiger partial charge in [0.05, 0.1) is 11.6 Å². The van der Waals surface area contributed by atoms with Gasteiger partial charge in [0, 0.05) is 30.7 Å². The number of thiazole rings is 1. The Balaban J connectivity index is 0.00000200. The van der Waals surface area contributed by atoms with Crippen molar-refractivity contribution in [3.63, 3.8) is 0 Å². The van der Waals surface area contributed by atoms with Crippen LogP contribution in [0.2, 0.25) is 0 Å². The van der Waals surface area contributed by atoms with Crippen molar-refractivity contribution < 1.29 is 9.53 Å². The number of morpholine rings is 1. The highest BCUT2D eigenvalue weighted by atomic mass is 35.5. The summed E-state index contributed by atoms with van der Waals surface area (Å²) in [7, 11) is 0. The first kappa shape index (κ1) is 20.6. The van der Waals surface area contributed by atoms with E-state index in [1.54, 1.807) is 11.3 Å². The molecule has 1 fully saturated rings. The maximum Gasteiger partial charge on any atom is 0.250 e. The molecule has 21 heavy (non-hydrogen) atoms. The molecular formula is C13H23Cl2N3O2S. The Morgan fingerprint density at radius 2 is 2.33 bits per heavy atom. The van der Waals surface area contributed by atoms with Gasteiger partial charge in [0.2, 0.25) is 5.91 Å². The molecule has 0 aliphatic carbocycles. The van der Waals surface area contributed by atoms with Gasteiger partial charge in [-0.15, -0.1) is 36.2 Å². The SMILES string of the molecule is Cc1csc(CCCCNC(=O)C2CNCCO2)n1.Cl.Cl. The van der Waals surface area contributed by atoms with Crippen LogP contribution in [0, 0.1) is 6.92 Å². The minimum Gasteiger partial charge on any atom is -0.366 e. The van der Waals surface area contributed by atoms with Crippen molar-refractivity contribution in [2.24, 2.45) is 0 Å². The molecule has 122 valence electrons. The van der Waals surface area contributed by atoms with Gasteiger partial charge in [0.15, 0.2) is 0 Å². The predicted molar refractivity (Wildman–Crippen MR) is 89.9 cm³/mol. The number of ether oxygens (including phenoxy) is 1. The summed E-state index contributed by atoms with van der Waals surface area (Å²) in [6.45, 7) is 4.78. The van der Waals surface area contributed by atoms with E-state index in [0.717, 1.165) is 31.5 Å². The summed E-state index contributed by atoms with van der Waals surface area (Å²) >= 11 is 1.71. The van der Waals surface area contributed by atoms with E-state index in [2.05, 4.69) is 21.0 Å². The summed E-state index contributed by atoms with van der Waals surface area (Å²) in [5.41, 5.74) is 1.09. The Bertz CT molecular complexity index is 412. The number of carbonyl (C=O) groups excluding carboxylic acids is 1. The van der Waals surface area contributed by atoms with Crippen molar-refractivity contribution in [2.45, 2.75) is 32.3 Å². The number of amides is 1. The summed E-state index contributed by atoms with van der Waals surface area (Å²) in [5.74, 6) is -0.00251. The van der Waals surface area contributed by atoms with Crippen LogP contribution in [0.4, 0.5) is 0 Å². The fourth-order valence-electron chi connectivity index (χ4n) is 1.98. The number of nitrogens with zero attached hydrogens (tertiary/aromatic N) is 1. The first-order valence-electron chi connectivity index (χ1n) is 6.77. The number of nitrogens with one attached hydrogen (secondary N) is 2. The third-order valence-electron chi connectivity index (χ3n) is 3.00. The minimum atomic E-state index is -0.324. The molecule has 0 spiro atoms. The van der Waals surface area contributed by atoms with Crippen molar-refractivity contribution in [1.82, 2.24) is 15.6 Å². The summed E-state index contributed by atoms with van der Waals surface area (Å²) < 4.78 is 5.39. The Labute approximate surface area is 142 Å². The lowest BCUT2D eigenvalue weighted by Crippen LogP contribution is -2.48. The monoisotopic (exact) mass is 355 g/mol. The molecule has 8 heteroatoms. The molecule has 1 amide bonds. The zero-order valence-electron chi connectivity index (χ0n) is 12.1. The second kappa shape index (κ2) is 11.2. The molecule has 2 N–H and O–H groups in total. The van der Waals surface area contributed by atoms with Gasteiger partial charge in [-0.25, -0.2) is 4.98 Å². The Morgan fingerprint density at radius 3 is 2.95 bits per heavy atom. The number of rotatable bonds is 6. The molecule has 1 unspecified atom stereocenters. The molecule has 1 aromatic rings. The fourth-order valence-corrected chi connectivity index (χ4v) is 2.80. The summed E-state index contributed by atoms with van der Waals surface area (Å²) in [6.07, 6.45) is 2.70. The topological polar surface area (TPSA) is 63.2 Å². The number of carbonyl (C=O) groups is 1. The van der Waals surface area contributed by atoms with E-state index in [0.29, 0.717) is 19.7 Å². The highest BCUT2D eigenvalue weighted by Gasteiger charge is 2.20. The maximum atomic E-state index is 11.7. The molecule has 0 aromatic carbocycles. The smallest absolute Gasteiger partial charge is 0.250 e. The van der Waals surface area contributed by atoms with Crippen molar-refractivity contribution in [1.29, 1.82) is 0 Å². The van der Waals surface area contributed by atoms with Crippen LogP contribution >= 0.6 is 36.2 Å². The van der Waals surface area contributed by atoms with Gasteiger partial charge in [-0.2, -0.15) is 0 Å². The lowest BCUT2D eigenvalue weighted by atomic mass is 10.2. The molecular weight excluding hydrogens is 333 g/mol. The second-order valence-corrected chi connectivity index (χ2v) is 5.64. The summed E-state index contributed by atoms with van der Waals surface area (Å²) in [4.78, 5) is 16.2. The molecule has 2 heterocycles. The van der Waals surface area contributed by atoms with Crippen molar-refractivity contribution in [2.75, 3.05) is 26.2 Å². The van der Waals surface area contributed by atoms with E-state index in [1.165, 1.54) is 5.01 Å². The van der Waals surface area contributed by atoms with Crippen molar-refractivity contribution >= 4 is 42.1 Å². The molecule has 5 nitrogen and oxygen atoms in total. The second-order valence-electron chi connectivity index (χ2n) is 4.69. The number of aromatic nitrogens is 1. The lowest BCUT2D eigenvalue weighted by molar-refractivity contribution is -0.134. The van der Waals surface area contributed by atoms with Crippen LogP contribution in [0.3, 0.4) is 0 Å². The van der Waals surface area contributed by atoms with E-state index in [1.807, 2.05) is 6.92 Å². The highest BCUT2D eigenvalue weighted by Crippen LogP contribution is 2.11. The fraction of sp³-hybridized carbons (Fsp3) is 0.692. The summed E-state index contributed by atoms with van der Waals surface area (Å²) in [6, 6.07) is 0. The van der Waals surface area contributed by atoms with Gasteiger partial charge in [-0.05, 0) is 26.2 Å². The summed E-state index contributed by atoms with van der Waals surface area (Å²) in [5, 5.41) is 9.33. The molecule has 1 aliphatic heterocycles. The molecule has 0 saturated carbocycles. The number of unbranched alkanes of at least 4 members (excludes halogenated alkanes) is 1. The Hall–Kier alpha value is -0.400. The standard InChI is InChI=1S/C13H21N3O2S.2ClH/c1-10-9-19-12(16-10)4-2-3-5-15-13(17)11-8-14-6-7-18-11;;/h9,11,14H,2-8H2,1H3,(H,15,17);2*1H. The average molecular weight is 356 g/mol. The van der Waals surface area contributed by atoms with Gasteiger partial charge in [0.25, 0.3) is 0 Å². The number of hydrogen-bond donors (Lipinski definition) is 2. The van der Waals surface area contributed by atoms with Gasteiger partial charge < -0.3 is 15.4 Å². The third kappa shape index (κ3) is 7.42. The highest BCUT2D eigenvalue weighted by molar-refractivity contribution is 7.09. The zero-order valence-corrected chi connectivity index (χ0v) is 14.5. The number of hydrogen-bond acceptors (Lipinski definition) is 5. The minimum absolute atomic E-state index is 0. The molecule has 1 aromatic heterocycles. The van der Waals surface area contributed by atoms with Gasteiger partial charge in [-0.3, -0.25) is 4.79 Å². The van der Waals surface area contributed by atoms with E-state index in [-0.39, 0.29) is 36.8 Å². The zero-order chi connectivity index (χ0) is 13.5. The molecule has 0 bridgehead atoms. The van der Waals surface area contributed by atoms with Crippen LogP contribution in [-0.4, -0.2) is 43.2 Å². The van der Waals surface area contributed by atoms with Crippen LogP contribution in [0.1, 0.15) is 23.5 Å². The van der Waals surface area contributed by atoms with Crippen LogP contribution in [0.5, 0.6) is 0 Å². The lowest BCUT2D eigenvalue weighted by Gasteiger charge is -2.22. The third-order valence-corrected chi connectivity index (χ3v) is 4.03. The normalized spacial score (nSPS) is 17.5. The molecule has 1 saturated heterocycles. The predicted octanol–water partition coefficient (Wildman–Crippen LogP) is 1.72. The van der Waals surface area contributed by atoms with Crippen molar-refractivity contribution in [3.8, 4) is 0 Å². The maximum absolute atomic E-state index is 11.7. The van der Waals surface area contributed by atoms with Gasteiger partial charge in [-0.1, -0.05) is 0 Å². The van der Waals surface area contributed by atoms with Gasteiger partial charge in [0.1, 0.15) is 6.10 Å². The van der Waals surface area contributed by atoms with E-state index in [4.69, 9.17) is 4.74 Å². The van der Waals surface area contributed by atoms with Crippen LogP contribution in [0.15, 0.2) is 5.38 Å². The van der Waals surface area contributed by atoms with Crippen LogP contribution in [-0.2, 0) is 16.0 Å². The van der Waals surface area contributed by atoms with Crippen molar-refractivity contribution in [3.05, 3.63) is 16.1 Å². The average Bonchev–Trinajstić information content (AvgIpc) is 2.85. The van der Waals surface area contributed by atoms with Crippen LogP contribution < -0.4 is 10.6 Å². The largest absolute Gasteiger partial charge is 0.366 e. The molecule has 0 radical (unpaired) electrons. The Morgan fingerprint density at radius 1 is 1.52 bits per heavy atom. The first-order valence-corrected chi connectivity index (χ1v) is 7.65. The Kier molecular flexibility index (Phi) is 11.0. The van der Waals surface area contributed by atoms with E-state index >= 15 is 0 Å². The van der Waals surface area contributed by atoms with Gasteiger partial charge >= 0.3 is 0 Å². The molecule has 1 atom stereocenters. The number of aryl methyl sites for hydroxylation is 2. The first-order chi connectivity index (χ1) is 9.25. The van der Waals surface area contributed by atoms with Crippen LogP contribution in [0.25, 0.3) is 0 Å².